The molecule has 0 N–H and O–H groups in total. The van der Waals surface area contributed by atoms with Crippen molar-refractivity contribution in [3.05, 3.63) is 94.2 Å². The van der Waals surface area contributed by atoms with E-state index in [-0.39, 0.29) is 11.8 Å². The zero-order valence-electron chi connectivity index (χ0n) is 20.5. The molecule has 3 aromatic rings. The molecule has 0 radical (unpaired) electrons. The summed E-state index contributed by atoms with van der Waals surface area (Å²) in [6.45, 7) is 8.33. The van der Waals surface area contributed by atoms with Gasteiger partial charge < -0.3 is 19.1 Å². The third-order valence-corrected chi connectivity index (χ3v) is 6.13. The molecule has 0 aromatic heterocycles. The fourth-order valence-corrected chi connectivity index (χ4v) is 4.06. The Hall–Kier alpha value is -4.06. The molecule has 180 valence electrons. The molecule has 0 atom stereocenters. The highest BCUT2D eigenvalue weighted by Gasteiger charge is 2.30. The van der Waals surface area contributed by atoms with E-state index in [1.54, 1.807) is 30.3 Å². The maximum Gasteiger partial charge on any atom is 0.337 e. The number of esters is 1. The maximum absolute atomic E-state index is 12.9. The van der Waals surface area contributed by atoms with Crippen LogP contribution in [0.3, 0.4) is 0 Å². The van der Waals surface area contributed by atoms with Gasteiger partial charge in [0.2, 0.25) is 5.78 Å². The summed E-state index contributed by atoms with van der Waals surface area (Å²) in [4.78, 5) is 26.8. The first-order valence-electron chi connectivity index (χ1n) is 11.7. The molecule has 0 fully saturated rings. The van der Waals surface area contributed by atoms with E-state index in [0.29, 0.717) is 35.0 Å². The van der Waals surface area contributed by atoms with Gasteiger partial charge in [-0.2, -0.15) is 0 Å². The van der Waals surface area contributed by atoms with E-state index in [2.05, 4.69) is 30.9 Å². The first kappa shape index (κ1) is 24.1. The number of carbonyl (C=O) groups excluding carboxylic acids is 2. The quantitative estimate of drug-likeness (QED) is 0.305. The Labute approximate surface area is 205 Å². The largest absolute Gasteiger partial charge is 0.488 e. The Morgan fingerprint density at radius 3 is 2.29 bits per heavy atom. The standard InChI is InChI=1S/C29H29NO5/c1-5-30(6-2)23-13-9-20(10-14-23)17-26-27(31)24-15-16-25(19(3)28(24)35-26)34-18-21-7-11-22(12-8-21)29(32)33-4/h7-17H,5-6,18H2,1-4H3/b26-17-. The van der Waals surface area contributed by atoms with Crippen LogP contribution < -0.4 is 14.4 Å². The predicted molar refractivity (Wildman–Crippen MR) is 136 cm³/mol. The van der Waals surface area contributed by atoms with Crippen molar-refractivity contribution in [3.8, 4) is 11.5 Å². The molecular formula is C29H29NO5. The Morgan fingerprint density at radius 1 is 0.971 bits per heavy atom. The molecule has 3 aromatic carbocycles. The van der Waals surface area contributed by atoms with Crippen LogP contribution in [0.25, 0.3) is 6.08 Å². The number of ketones is 1. The van der Waals surface area contributed by atoms with Gasteiger partial charge in [0.1, 0.15) is 18.1 Å². The summed E-state index contributed by atoms with van der Waals surface area (Å²) in [5.74, 6) is 0.950. The van der Waals surface area contributed by atoms with E-state index in [0.717, 1.165) is 35.5 Å². The van der Waals surface area contributed by atoms with Gasteiger partial charge >= 0.3 is 5.97 Å². The molecule has 0 saturated heterocycles. The van der Waals surface area contributed by atoms with Gasteiger partial charge in [-0.15, -0.1) is 0 Å². The summed E-state index contributed by atoms with van der Waals surface area (Å²) < 4.78 is 16.7. The molecule has 1 heterocycles. The summed E-state index contributed by atoms with van der Waals surface area (Å²) in [7, 11) is 1.35. The Balaban J connectivity index is 1.48. The van der Waals surface area contributed by atoms with E-state index in [1.165, 1.54) is 7.11 Å². The predicted octanol–water partition coefficient (Wildman–Crippen LogP) is 5.82. The second-order valence-corrected chi connectivity index (χ2v) is 8.25. The Morgan fingerprint density at radius 2 is 1.66 bits per heavy atom. The van der Waals surface area contributed by atoms with Crippen LogP contribution in [-0.2, 0) is 11.3 Å². The molecule has 0 amide bonds. The SMILES string of the molecule is CCN(CC)c1ccc(/C=C2\Oc3c(ccc(OCc4ccc(C(=O)OC)cc4)c3C)C2=O)cc1. The number of hydrogen-bond acceptors (Lipinski definition) is 6. The summed E-state index contributed by atoms with van der Waals surface area (Å²) in [6.07, 6.45) is 1.77. The van der Waals surface area contributed by atoms with E-state index < -0.39 is 0 Å². The van der Waals surface area contributed by atoms with E-state index in [9.17, 15) is 9.59 Å². The van der Waals surface area contributed by atoms with Crippen molar-refractivity contribution in [2.45, 2.75) is 27.4 Å². The zero-order valence-corrected chi connectivity index (χ0v) is 20.5. The number of fused-ring (bicyclic) bond motifs is 1. The lowest BCUT2D eigenvalue weighted by atomic mass is 10.1. The molecule has 0 bridgehead atoms. The molecule has 1 aliphatic rings. The number of carbonyl (C=O) groups is 2. The van der Waals surface area contributed by atoms with Crippen molar-refractivity contribution in [3.63, 3.8) is 0 Å². The topological polar surface area (TPSA) is 65.1 Å². The second-order valence-electron chi connectivity index (χ2n) is 8.25. The second kappa shape index (κ2) is 10.5. The van der Waals surface area contributed by atoms with E-state index in [1.807, 2.05) is 31.2 Å². The summed E-state index contributed by atoms with van der Waals surface area (Å²) >= 11 is 0. The molecule has 0 saturated carbocycles. The zero-order chi connectivity index (χ0) is 24.9. The third-order valence-electron chi connectivity index (χ3n) is 6.13. The van der Waals surface area contributed by atoms with Crippen molar-refractivity contribution < 1.29 is 23.8 Å². The van der Waals surface area contributed by atoms with Gasteiger partial charge in [0, 0.05) is 24.3 Å². The lowest BCUT2D eigenvalue weighted by Gasteiger charge is -2.20. The number of Topliss-reactive ketones (excluding diaryl/α,β-unsaturated/α-hetero) is 1. The molecule has 6 heteroatoms. The normalized spacial score (nSPS) is 13.4. The van der Waals surface area contributed by atoms with Crippen LogP contribution in [0, 0.1) is 6.92 Å². The average Bonchev–Trinajstić information content (AvgIpc) is 3.21. The summed E-state index contributed by atoms with van der Waals surface area (Å²) in [5, 5.41) is 0. The van der Waals surface area contributed by atoms with Gasteiger partial charge in [0.15, 0.2) is 5.76 Å². The van der Waals surface area contributed by atoms with Gasteiger partial charge in [-0.1, -0.05) is 24.3 Å². The van der Waals surface area contributed by atoms with Crippen molar-refractivity contribution in [1.82, 2.24) is 0 Å². The average molecular weight is 472 g/mol. The van der Waals surface area contributed by atoms with Gasteiger partial charge in [0.05, 0.1) is 18.2 Å². The Kier molecular flexibility index (Phi) is 7.20. The lowest BCUT2D eigenvalue weighted by Crippen LogP contribution is -2.21. The molecule has 0 spiro atoms. The highest BCUT2D eigenvalue weighted by molar-refractivity contribution is 6.15. The summed E-state index contributed by atoms with van der Waals surface area (Å²) in [5.41, 5.74) is 4.74. The number of rotatable bonds is 8. The van der Waals surface area contributed by atoms with Gasteiger partial charge in [0.25, 0.3) is 0 Å². The minimum atomic E-state index is -0.377. The van der Waals surface area contributed by atoms with Crippen LogP contribution in [0.2, 0.25) is 0 Å². The fourth-order valence-electron chi connectivity index (χ4n) is 4.06. The smallest absolute Gasteiger partial charge is 0.337 e. The van der Waals surface area contributed by atoms with E-state index in [4.69, 9.17) is 14.2 Å². The van der Waals surface area contributed by atoms with Crippen molar-refractivity contribution in [1.29, 1.82) is 0 Å². The van der Waals surface area contributed by atoms with Gasteiger partial charge in [-0.25, -0.2) is 4.79 Å². The van der Waals surface area contributed by atoms with Gasteiger partial charge in [-0.3, -0.25) is 4.79 Å². The molecule has 6 nitrogen and oxygen atoms in total. The molecule has 0 unspecified atom stereocenters. The van der Waals surface area contributed by atoms with Crippen molar-refractivity contribution in [2.75, 3.05) is 25.1 Å². The molecule has 1 aliphatic heterocycles. The minimum absolute atomic E-state index is 0.138. The van der Waals surface area contributed by atoms with Crippen molar-refractivity contribution in [2.24, 2.45) is 0 Å². The number of methoxy groups -OCH3 is 1. The number of ether oxygens (including phenoxy) is 3. The third kappa shape index (κ3) is 5.06. The number of anilines is 1. The molecule has 0 aliphatic carbocycles. The number of benzene rings is 3. The molecule has 35 heavy (non-hydrogen) atoms. The monoisotopic (exact) mass is 471 g/mol. The van der Waals surface area contributed by atoms with Crippen LogP contribution in [0.1, 0.15) is 51.3 Å². The molecule has 4 rings (SSSR count). The van der Waals surface area contributed by atoms with Crippen LogP contribution in [0.5, 0.6) is 11.5 Å². The number of allylic oxidation sites excluding steroid dienone is 1. The highest BCUT2D eigenvalue weighted by Crippen LogP contribution is 2.39. The van der Waals surface area contributed by atoms with Crippen LogP contribution in [0.4, 0.5) is 5.69 Å². The minimum Gasteiger partial charge on any atom is -0.488 e. The first-order valence-corrected chi connectivity index (χ1v) is 11.7. The van der Waals surface area contributed by atoms with Crippen LogP contribution >= 0.6 is 0 Å². The van der Waals surface area contributed by atoms with Gasteiger partial charge in [-0.05, 0) is 74.4 Å². The highest BCUT2D eigenvalue weighted by atomic mass is 16.5. The van der Waals surface area contributed by atoms with Crippen LogP contribution in [0.15, 0.2) is 66.4 Å². The maximum atomic E-state index is 12.9. The number of hydrogen-bond donors (Lipinski definition) is 0. The summed E-state index contributed by atoms with van der Waals surface area (Å²) in [6, 6.07) is 18.7. The lowest BCUT2D eigenvalue weighted by molar-refractivity contribution is 0.0600. The van der Waals surface area contributed by atoms with Crippen molar-refractivity contribution >= 4 is 23.5 Å². The fraction of sp³-hybridized carbons (Fsp3) is 0.241. The first-order chi connectivity index (χ1) is 16.9. The Bertz CT molecular complexity index is 1260. The van der Waals surface area contributed by atoms with Crippen LogP contribution in [-0.4, -0.2) is 32.0 Å². The number of nitrogens with zero attached hydrogens (tertiary/aromatic N) is 1. The molecular weight excluding hydrogens is 442 g/mol. The van der Waals surface area contributed by atoms with E-state index >= 15 is 0 Å².